The van der Waals surface area contributed by atoms with Crippen molar-refractivity contribution >= 4 is 42.6 Å². The predicted octanol–water partition coefficient (Wildman–Crippen LogP) is -0.568. The summed E-state index contributed by atoms with van der Waals surface area (Å²) in [5, 5.41) is 11.2. The van der Waals surface area contributed by atoms with Crippen LogP contribution in [0.5, 0.6) is 5.75 Å². The maximum atomic E-state index is 11.9. The molecule has 0 unspecified atom stereocenters. The van der Waals surface area contributed by atoms with Crippen LogP contribution in [0.15, 0.2) is 65.6 Å². The normalized spacial score (nSPS) is 11.6. The molecule has 0 aliphatic carbocycles. The molecule has 0 saturated heterocycles. The molecular formula is C16H14N2NaO7S2+. The number of hydrogen-bond donors (Lipinski definition) is 4. The summed E-state index contributed by atoms with van der Waals surface area (Å²) < 4.78 is 65.1. The van der Waals surface area contributed by atoms with Crippen molar-refractivity contribution in [1.82, 2.24) is 0 Å². The van der Waals surface area contributed by atoms with Crippen molar-refractivity contribution in [3.63, 3.8) is 0 Å². The van der Waals surface area contributed by atoms with E-state index in [0.29, 0.717) is 15.2 Å². The van der Waals surface area contributed by atoms with E-state index in [2.05, 4.69) is 5.43 Å². The molecule has 12 heteroatoms. The molecule has 0 bridgehead atoms. The second-order valence-corrected chi connectivity index (χ2v) is 8.19. The van der Waals surface area contributed by atoms with E-state index in [1.165, 1.54) is 18.2 Å². The molecule has 0 saturated carbocycles. The first kappa shape index (κ1) is 22.4. The van der Waals surface area contributed by atoms with Crippen molar-refractivity contribution in [3.8, 4) is 5.75 Å². The van der Waals surface area contributed by atoms with E-state index in [-0.39, 0.29) is 45.8 Å². The smallest absolute Gasteiger partial charge is 0.506 e. The summed E-state index contributed by atoms with van der Waals surface area (Å²) >= 11 is 0. The van der Waals surface area contributed by atoms with E-state index in [1.54, 1.807) is 30.3 Å². The fourth-order valence-electron chi connectivity index (χ4n) is 2.50. The van der Waals surface area contributed by atoms with E-state index in [9.17, 15) is 26.5 Å². The minimum Gasteiger partial charge on any atom is -0.506 e. The molecular weight excluding hydrogens is 419 g/mol. The van der Waals surface area contributed by atoms with Gasteiger partial charge in [-0.15, -0.1) is 0 Å². The Balaban J connectivity index is 0.00000280. The number of phenolic OH excluding ortho intramolecular Hbond substituents is 1. The summed E-state index contributed by atoms with van der Waals surface area (Å²) in [5.41, 5.74) is 2.27. The van der Waals surface area contributed by atoms with E-state index in [0.717, 1.165) is 12.1 Å². The summed E-state index contributed by atoms with van der Waals surface area (Å²) in [5.74, 6) is -0.409. The predicted molar refractivity (Wildman–Crippen MR) is 99.5 cm³/mol. The number of aromatic hydroxyl groups is 1. The third kappa shape index (κ3) is 4.75. The van der Waals surface area contributed by atoms with Crippen molar-refractivity contribution in [2.45, 2.75) is 4.90 Å². The Morgan fingerprint density at radius 2 is 1.43 bits per heavy atom. The van der Waals surface area contributed by atoms with Crippen LogP contribution in [-0.4, -0.2) is 31.0 Å². The number of nitrogens with zero attached hydrogens (tertiary/aromatic N) is 1. The summed E-state index contributed by atoms with van der Waals surface area (Å²) in [6.45, 7) is 0. The molecule has 28 heavy (non-hydrogen) atoms. The summed E-state index contributed by atoms with van der Waals surface area (Å²) in [4.78, 5) is -0.389. The second-order valence-electron chi connectivity index (χ2n) is 5.51. The average Bonchev–Trinajstić information content (AvgIpc) is 2.59. The van der Waals surface area contributed by atoms with E-state index < -0.39 is 26.2 Å². The molecule has 3 rings (SSSR count). The van der Waals surface area contributed by atoms with Gasteiger partial charge in [-0.25, -0.2) is 0 Å². The Morgan fingerprint density at radius 3 is 2.00 bits per heavy atom. The van der Waals surface area contributed by atoms with Crippen LogP contribution in [0, 0.1) is 0 Å². The Labute approximate surface area is 183 Å². The van der Waals surface area contributed by atoms with Gasteiger partial charge in [0.1, 0.15) is 11.4 Å². The van der Waals surface area contributed by atoms with Crippen LogP contribution in [0.2, 0.25) is 0 Å². The largest absolute Gasteiger partial charge is 1.00 e. The topological polar surface area (TPSA) is 144 Å². The standard InChI is InChI=1S/C16H14N2O7S2.Na/c19-15-10-5-11-3-1-2-4-14(11)16(15)18(27(23,24)25)17-12-6-8-13(9-7-12)26(20,21)22;/h1-10,17,19H,(H,20,21,22)(H,23,24,25);/q;+1. The number of rotatable bonds is 5. The molecule has 0 fully saturated rings. The van der Waals surface area contributed by atoms with Crippen LogP contribution in [0.4, 0.5) is 11.4 Å². The minimum absolute atomic E-state index is 0. The van der Waals surface area contributed by atoms with Crippen LogP contribution in [0.3, 0.4) is 0 Å². The molecule has 3 aromatic rings. The molecule has 4 N–H and O–H groups in total. The zero-order valence-corrected chi connectivity index (χ0v) is 18.1. The van der Waals surface area contributed by atoms with Gasteiger partial charge in [-0.2, -0.15) is 21.2 Å². The summed E-state index contributed by atoms with van der Waals surface area (Å²) in [6, 6.07) is 13.9. The molecule has 0 aromatic heterocycles. The summed E-state index contributed by atoms with van der Waals surface area (Å²) in [6.07, 6.45) is 0. The number of phenols is 1. The van der Waals surface area contributed by atoms with E-state index in [4.69, 9.17) is 4.55 Å². The van der Waals surface area contributed by atoms with Gasteiger partial charge in [-0.3, -0.25) is 14.5 Å². The van der Waals surface area contributed by atoms with Gasteiger partial charge in [0.2, 0.25) is 0 Å². The van der Waals surface area contributed by atoms with Gasteiger partial charge in [-0.05, 0) is 35.7 Å². The average molecular weight is 433 g/mol. The van der Waals surface area contributed by atoms with Crippen LogP contribution in [-0.2, 0) is 20.4 Å². The molecule has 0 atom stereocenters. The zero-order valence-electron chi connectivity index (χ0n) is 14.5. The maximum Gasteiger partial charge on any atom is 1.00 e. The van der Waals surface area contributed by atoms with Crippen LogP contribution < -0.4 is 39.4 Å². The third-order valence-corrected chi connectivity index (χ3v) is 5.30. The maximum absolute atomic E-state index is 11.9. The first-order chi connectivity index (χ1) is 12.6. The van der Waals surface area contributed by atoms with E-state index in [1.807, 2.05) is 0 Å². The number of hydrogen-bond acceptors (Lipinski definition) is 6. The molecule has 3 aromatic carbocycles. The van der Waals surface area contributed by atoms with Gasteiger partial charge in [0, 0.05) is 5.39 Å². The second kappa shape index (κ2) is 8.25. The number of hydrazine groups is 1. The van der Waals surface area contributed by atoms with Crippen molar-refractivity contribution in [1.29, 1.82) is 0 Å². The van der Waals surface area contributed by atoms with Crippen molar-refractivity contribution in [2.75, 3.05) is 9.84 Å². The quantitative estimate of drug-likeness (QED) is 0.238. The number of fused-ring (bicyclic) bond motifs is 1. The minimum atomic E-state index is -4.87. The van der Waals surface area contributed by atoms with Crippen LogP contribution >= 0.6 is 0 Å². The molecule has 0 aliphatic heterocycles. The van der Waals surface area contributed by atoms with Gasteiger partial charge < -0.3 is 5.11 Å². The fourth-order valence-corrected chi connectivity index (χ4v) is 3.63. The third-order valence-electron chi connectivity index (χ3n) is 3.70. The number of anilines is 2. The molecule has 0 spiro atoms. The molecule has 0 amide bonds. The monoisotopic (exact) mass is 433 g/mol. The Morgan fingerprint density at radius 1 is 0.821 bits per heavy atom. The van der Waals surface area contributed by atoms with Crippen molar-refractivity contribution in [2.24, 2.45) is 0 Å². The number of benzene rings is 3. The summed E-state index contributed by atoms with van der Waals surface area (Å²) in [7, 11) is -9.29. The zero-order chi connectivity index (χ0) is 19.8. The van der Waals surface area contributed by atoms with E-state index >= 15 is 0 Å². The van der Waals surface area contributed by atoms with Crippen molar-refractivity contribution in [3.05, 3.63) is 60.7 Å². The molecule has 9 nitrogen and oxygen atoms in total. The Kier molecular flexibility index (Phi) is 6.61. The SMILES string of the molecule is O=S(=O)(O)c1ccc(NN(c2c(O)ccc3ccccc23)S(=O)(=O)O)cc1.[Na+]. The fraction of sp³-hybridized carbons (Fsp3) is 0. The van der Waals surface area contributed by atoms with Crippen molar-refractivity contribution < 1.29 is 60.6 Å². The molecule has 0 radical (unpaired) electrons. The van der Waals surface area contributed by atoms with Gasteiger partial charge in [-0.1, -0.05) is 30.3 Å². The Bertz CT molecular complexity index is 1210. The Hall–Kier alpha value is -1.86. The first-order valence-electron chi connectivity index (χ1n) is 7.40. The van der Waals surface area contributed by atoms with Gasteiger partial charge in [0.15, 0.2) is 0 Å². The van der Waals surface area contributed by atoms with Gasteiger partial charge >= 0.3 is 39.9 Å². The molecule has 142 valence electrons. The molecule has 0 aliphatic rings. The van der Waals surface area contributed by atoms with Gasteiger partial charge in [0.25, 0.3) is 10.1 Å². The van der Waals surface area contributed by atoms with Gasteiger partial charge in [0.05, 0.1) is 10.6 Å². The van der Waals surface area contributed by atoms with Crippen LogP contribution in [0.1, 0.15) is 0 Å². The first-order valence-corrected chi connectivity index (χ1v) is 10.2. The van der Waals surface area contributed by atoms with Crippen LogP contribution in [0.25, 0.3) is 10.8 Å². The number of nitrogens with one attached hydrogen (secondary N) is 1. The molecule has 0 heterocycles.